The number of benzene rings is 2. The molecule has 0 spiro atoms. The van der Waals surface area contributed by atoms with Crippen LogP contribution in [0.1, 0.15) is 21.5 Å². The highest BCUT2D eigenvalue weighted by molar-refractivity contribution is 9.11. The first-order chi connectivity index (χ1) is 8.99. The van der Waals surface area contributed by atoms with E-state index >= 15 is 0 Å². The summed E-state index contributed by atoms with van der Waals surface area (Å²) in [5.74, 6) is -1.57. The van der Waals surface area contributed by atoms with Crippen molar-refractivity contribution in [2.75, 3.05) is 0 Å². The van der Waals surface area contributed by atoms with E-state index in [9.17, 15) is 8.78 Å². The zero-order valence-corrected chi connectivity index (χ0v) is 13.4. The molecule has 2 aromatic carbocycles. The van der Waals surface area contributed by atoms with Crippen molar-refractivity contribution < 1.29 is 8.78 Å². The molecule has 0 amide bonds. The standard InChI is InChI=1S/C15H12Br2F2/c1-9-5-6-12(16)11(7-9)13(17)8-10-3-2-4-14(18)15(10)19/h2-7,13H,8H2,1H3. The van der Waals surface area contributed by atoms with Gasteiger partial charge in [0.05, 0.1) is 0 Å². The first-order valence-electron chi connectivity index (χ1n) is 5.82. The van der Waals surface area contributed by atoms with Gasteiger partial charge in [-0.15, -0.1) is 0 Å². The molecular formula is C15H12Br2F2. The van der Waals surface area contributed by atoms with Gasteiger partial charge in [-0.1, -0.05) is 61.7 Å². The first-order valence-corrected chi connectivity index (χ1v) is 7.53. The van der Waals surface area contributed by atoms with Gasteiger partial charge in [0.2, 0.25) is 0 Å². The average molecular weight is 390 g/mol. The number of aryl methyl sites for hydroxylation is 1. The van der Waals surface area contributed by atoms with Crippen molar-refractivity contribution in [3.8, 4) is 0 Å². The molecule has 0 aliphatic rings. The molecule has 1 atom stereocenters. The van der Waals surface area contributed by atoms with Crippen molar-refractivity contribution in [1.82, 2.24) is 0 Å². The normalized spacial score (nSPS) is 12.5. The summed E-state index contributed by atoms with van der Waals surface area (Å²) in [5.41, 5.74) is 2.53. The highest BCUT2D eigenvalue weighted by Gasteiger charge is 2.16. The molecule has 0 saturated carbocycles. The Balaban J connectivity index is 2.28. The Morgan fingerprint density at radius 3 is 2.63 bits per heavy atom. The van der Waals surface area contributed by atoms with E-state index in [1.165, 1.54) is 6.07 Å². The monoisotopic (exact) mass is 388 g/mol. The van der Waals surface area contributed by atoms with E-state index in [1.807, 2.05) is 25.1 Å². The molecule has 0 heterocycles. The number of halogens is 4. The zero-order valence-electron chi connectivity index (χ0n) is 10.3. The van der Waals surface area contributed by atoms with Crippen LogP contribution in [0.15, 0.2) is 40.9 Å². The van der Waals surface area contributed by atoms with Gasteiger partial charge < -0.3 is 0 Å². The van der Waals surface area contributed by atoms with E-state index in [0.29, 0.717) is 12.0 Å². The van der Waals surface area contributed by atoms with Crippen molar-refractivity contribution in [3.63, 3.8) is 0 Å². The minimum Gasteiger partial charge on any atom is -0.204 e. The van der Waals surface area contributed by atoms with E-state index in [2.05, 4.69) is 31.9 Å². The lowest BCUT2D eigenvalue weighted by Crippen LogP contribution is -2.01. The maximum atomic E-state index is 13.7. The third kappa shape index (κ3) is 3.42. The Bertz CT molecular complexity index is 597. The lowest BCUT2D eigenvalue weighted by Gasteiger charge is -2.14. The van der Waals surface area contributed by atoms with Gasteiger partial charge in [0, 0.05) is 9.30 Å². The van der Waals surface area contributed by atoms with Gasteiger partial charge in [-0.25, -0.2) is 8.78 Å². The molecule has 0 radical (unpaired) electrons. The summed E-state index contributed by atoms with van der Waals surface area (Å²) in [7, 11) is 0. The third-order valence-electron chi connectivity index (χ3n) is 2.92. The fourth-order valence-corrected chi connectivity index (χ4v) is 3.47. The largest absolute Gasteiger partial charge is 0.204 e. The lowest BCUT2D eigenvalue weighted by molar-refractivity contribution is 0.498. The molecule has 0 fully saturated rings. The summed E-state index contributed by atoms with van der Waals surface area (Å²) in [6.07, 6.45) is 0.394. The highest BCUT2D eigenvalue weighted by atomic mass is 79.9. The van der Waals surface area contributed by atoms with Gasteiger partial charge in [-0.2, -0.15) is 0 Å². The zero-order chi connectivity index (χ0) is 14.0. The molecule has 100 valence electrons. The van der Waals surface area contributed by atoms with Gasteiger partial charge in [0.25, 0.3) is 0 Å². The van der Waals surface area contributed by atoms with Crippen molar-refractivity contribution in [1.29, 1.82) is 0 Å². The van der Waals surface area contributed by atoms with Gasteiger partial charge in [0.1, 0.15) is 0 Å². The second-order valence-electron chi connectivity index (χ2n) is 4.41. The summed E-state index contributed by atoms with van der Waals surface area (Å²) in [5, 5.41) is 0. The predicted octanol–water partition coefficient (Wildman–Crippen LogP) is 5.71. The molecule has 0 aliphatic carbocycles. The highest BCUT2D eigenvalue weighted by Crippen LogP contribution is 2.33. The van der Waals surface area contributed by atoms with Crippen LogP contribution in [0.5, 0.6) is 0 Å². The molecule has 0 aliphatic heterocycles. The van der Waals surface area contributed by atoms with Crippen LogP contribution in [0.25, 0.3) is 0 Å². The Kier molecular flexibility index (Phi) is 4.74. The van der Waals surface area contributed by atoms with Crippen molar-refractivity contribution in [2.45, 2.75) is 18.2 Å². The first kappa shape index (κ1) is 14.7. The number of rotatable bonds is 3. The average Bonchev–Trinajstić information content (AvgIpc) is 2.38. The predicted molar refractivity (Wildman–Crippen MR) is 80.6 cm³/mol. The molecule has 0 aromatic heterocycles. The van der Waals surface area contributed by atoms with E-state index in [0.717, 1.165) is 21.7 Å². The fourth-order valence-electron chi connectivity index (χ4n) is 1.91. The summed E-state index contributed by atoms with van der Waals surface area (Å²) in [4.78, 5) is -0.0712. The molecule has 2 rings (SSSR count). The number of alkyl halides is 1. The molecule has 0 saturated heterocycles. The summed E-state index contributed by atoms with van der Waals surface area (Å²) in [6, 6.07) is 10.2. The lowest BCUT2D eigenvalue weighted by atomic mass is 10.0. The van der Waals surface area contributed by atoms with Crippen molar-refractivity contribution >= 4 is 31.9 Å². The summed E-state index contributed by atoms with van der Waals surface area (Å²) < 4.78 is 27.8. The maximum absolute atomic E-state index is 13.7. The van der Waals surface area contributed by atoms with E-state index < -0.39 is 11.6 Å². The van der Waals surface area contributed by atoms with Crippen LogP contribution in [0.4, 0.5) is 8.78 Å². The van der Waals surface area contributed by atoms with Crippen LogP contribution in [0, 0.1) is 18.6 Å². The molecule has 2 aromatic rings. The fraction of sp³-hybridized carbons (Fsp3) is 0.200. The summed E-state index contributed by atoms with van der Waals surface area (Å²) >= 11 is 7.03. The second kappa shape index (κ2) is 6.14. The Morgan fingerprint density at radius 1 is 1.16 bits per heavy atom. The van der Waals surface area contributed by atoms with Crippen LogP contribution in [0.3, 0.4) is 0 Å². The van der Waals surface area contributed by atoms with Crippen LogP contribution >= 0.6 is 31.9 Å². The second-order valence-corrected chi connectivity index (χ2v) is 6.37. The molecule has 0 bridgehead atoms. The third-order valence-corrected chi connectivity index (χ3v) is 4.46. The Hall–Kier alpha value is -0.740. The minimum absolute atomic E-state index is 0.0712. The minimum atomic E-state index is -0.805. The van der Waals surface area contributed by atoms with Crippen LogP contribution in [-0.2, 0) is 6.42 Å². The smallest absolute Gasteiger partial charge is 0.162 e. The van der Waals surface area contributed by atoms with Crippen LogP contribution in [-0.4, -0.2) is 0 Å². The molecule has 0 N–H and O–H groups in total. The molecule has 0 nitrogen and oxygen atoms in total. The Labute approximate surface area is 128 Å². The van der Waals surface area contributed by atoms with Crippen molar-refractivity contribution in [3.05, 3.63) is 69.2 Å². The maximum Gasteiger partial charge on any atom is 0.162 e. The molecular weight excluding hydrogens is 378 g/mol. The SMILES string of the molecule is Cc1ccc(Br)c(C(Br)Cc2cccc(F)c2F)c1. The van der Waals surface area contributed by atoms with Crippen LogP contribution < -0.4 is 0 Å². The van der Waals surface area contributed by atoms with Crippen molar-refractivity contribution in [2.24, 2.45) is 0 Å². The van der Waals surface area contributed by atoms with E-state index in [1.54, 1.807) is 6.07 Å². The van der Waals surface area contributed by atoms with E-state index in [4.69, 9.17) is 0 Å². The van der Waals surface area contributed by atoms with E-state index in [-0.39, 0.29) is 4.83 Å². The summed E-state index contributed by atoms with van der Waals surface area (Å²) in [6.45, 7) is 2.00. The van der Waals surface area contributed by atoms with Gasteiger partial charge in [-0.3, -0.25) is 0 Å². The van der Waals surface area contributed by atoms with Gasteiger partial charge in [0.15, 0.2) is 11.6 Å². The molecule has 19 heavy (non-hydrogen) atoms. The van der Waals surface area contributed by atoms with Gasteiger partial charge >= 0.3 is 0 Å². The van der Waals surface area contributed by atoms with Gasteiger partial charge in [-0.05, 0) is 36.6 Å². The number of hydrogen-bond acceptors (Lipinski definition) is 0. The molecule has 1 unspecified atom stereocenters. The quantitative estimate of drug-likeness (QED) is 0.589. The van der Waals surface area contributed by atoms with Crippen LogP contribution in [0.2, 0.25) is 0 Å². The number of hydrogen-bond donors (Lipinski definition) is 0. The Morgan fingerprint density at radius 2 is 1.89 bits per heavy atom. The topological polar surface area (TPSA) is 0 Å². The molecule has 4 heteroatoms.